The first-order chi connectivity index (χ1) is 16.1. The third-order valence-electron chi connectivity index (χ3n) is 5.96. The molecule has 2 aliphatic heterocycles. The minimum absolute atomic E-state index is 0.203. The molecule has 0 aliphatic carbocycles. The van der Waals surface area contributed by atoms with Gasteiger partial charge in [0.05, 0.1) is 29.0 Å². The fourth-order valence-electron chi connectivity index (χ4n) is 4.27. The lowest BCUT2D eigenvalue weighted by Gasteiger charge is -2.41. The maximum Gasteiger partial charge on any atom is 0.228 e. The summed E-state index contributed by atoms with van der Waals surface area (Å²) in [5.41, 5.74) is 1.67. The van der Waals surface area contributed by atoms with Gasteiger partial charge in [0.25, 0.3) is 0 Å². The van der Waals surface area contributed by atoms with Gasteiger partial charge in [-0.3, -0.25) is 4.98 Å². The second-order valence-electron chi connectivity index (χ2n) is 8.20. The third kappa shape index (κ3) is 4.83. The van der Waals surface area contributed by atoms with E-state index in [0.717, 1.165) is 55.6 Å². The highest BCUT2D eigenvalue weighted by Gasteiger charge is 2.28. The topological polar surface area (TPSA) is 70.5 Å². The standard InChI is InChI=1S/C23H25Cl2N7O/c1-16-15-31(22-19(25)3-2-4-27-22)5-6-32(16)21-12-20(17-11-18(24)14-26-13-17)28-23(29-21)30-7-9-33-10-8-30/h2-4,11-14,16H,5-10,15H2,1H3. The monoisotopic (exact) mass is 485 g/mol. The molecule has 3 aromatic heterocycles. The van der Waals surface area contributed by atoms with Gasteiger partial charge in [-0.1, -0.05) is 23.2 Å². The predicted molar refractivity (Wildman–Crippen MR) is 132 cm³/mol. The van der Waals surface area contributed by atoms with Crippen molar-refractivity contribution in [3.05, 3.63) is 52.9 Å². The molecule has 2 fully saturated rings. The number of halogens is 2. The highest BCUT2D eigenvalue weighted by atomic mass is 35.5. The van der Waals surface area contributed by atoms with Crippen LogP contribution in [0.5, 0.6) is 0 Å². The summed E-state index contributed by atoms with van der Waals surface area (Å²) < 4.78 is 5.52. The number of aromatic nitrogens is 4. The SMILES string of the molecule is CC1CN(c2ncccc2Cl)CCN1c1cc(-c2cncc(Cl)c2)nc(N2CCOCC2)n1. The molecular weight excluding hydrogens is 461 g/mol. The van der Waals surface area contributed by atoms with Crippen LogP contribution in [0.15, 0.2) is 42.9 Å². The number of pyridine rings is 2. The first-order valence-corrected chi connectivity index (χ1v) is 11.8. The molecule has 2 aliphatic rings. The summed E-state index contributed by atoms with van der Waals surface area (Å²) in [6.07, 6.45) is 5.19. The number of anilines is 3. The van der Waals surface area contributed by atoms with Crippen molar-refractivity contribution in [3.8, 4) is 11.3 Å². The van der Waals surface area contributed by atoms with Crippen LogP contribution in [0.1, 0.15) is 6.92 Å². The van der Waals surface area contributed by atoms with Crippen LogP contribution in [0, 0.1) is 0 Å². The highest BCUT2D eigenvalue weighted by Crippen LogP contribution is 2.30. The molecule has 0 saturated carbocycles. The van der Waals surface area contributed by atoms with E-state index in [1.54, 1.807) is 18.6 Å². The van der Waals surface area contributed by atoms with E-state index in [2.05, 4.69) is 31.6 Å². The van der Waals surface area contributed by atoms with Crippen molar-refractivity contribution < 1.29 is 4.74 Å². The molecule has 33 heavy (non-hydrogen) atoms. The van der Waals surface area contributed by atoms with E-state index < -0.39 is 0 Å². The normalized spacial score (nSPS) is 19.1. The van der Waals surface area contributed by atoms with Crippen molar-refractivity contribution >= 4 is 40.8 Å². The maximum atomic E-state index is 6.40. The van der Waals surface area contributed by atoms with Crippen LogP contribution in [-0.4, -0.2) is 71.9 Å². The molecule has 5 heterocycles. The Hall–Kier alpha value is -2.68. The number of piperazine rings is 1. The molecular formula is C23H25Cl2N7O. The van der Waals surface area contributed by atoms with E-state index in [9.17, 15) is 0 Å². The summed E-state index contributed by atoms with van der Waals surface area (Å²) in [6.45, 7) is 7.44. The fourth-order valence-corrected chi connectivity index (χ4v) is 4.69. The number of ether oxygens (including phenoxy) is 1. The predicted octanol–water partition coefficient (Wildman–Crippen LogP) is 3.79. The summed E-state index contributed by atoms with van der Waals surface area (Å²) in [4.78, 5) is 25.3. The van der Waals surface area contributed by atoms with E-state index in [0.29, 0.717) is 29.2 Å². The second kappa shape index (κ2) is 9.67. The Labute approximate surface area is 203 Å². The summed E-state index contributed by atoms with van der Waals surface area (Å²) in [5, 5.41) is 1.25. The molecule has 172 valence electrons. The van der Waals surface area contributed by atoms with Crippen LogP contribution in [0.2, 0.25) is 10.0 Å². The molecule has 2 saturated heterocycles. The van der Waals surface area contributed by atoms with Crippen molar-refractivity contribution in [2.24, 2.45) is 0 Å². The van der Waals surface area contributed by atoms with E-state index >= 15 is 0 Å². The lowest BCUT2D eigenvalue weighted by Crippen LogP contribution is -2.53. The maximum absolute atomic E-state index is 6.40. The largest absolute Gasteiger partial charge is 0.378 e. The minimum Gasteiger partial charge on any atom is -0.378 e. The zero-order valence-electron chi connectivity index (χ0n) is 18.4. The van der Waals surface area contributed by atoms with Gasteiger partial charge in [-0.15, -0.1) is 0 Å². The van der Waals surface area contributed by atoms with Crippen LogP contribution < -0.4 is 14.7 Å². The van der Waals surface area contributed by atoms with Crippen LogP contribution in [0.3, 0.4) is 0 Å². The Morgan fingerprint density at radius 1 is 1.00 bits per heavy atom. The van der Waals surface area contributed by atoms with Crippen molar-refractivity contribution in [3.63, 3.8) is 0 Å². The van der Waals surface area contributed by atoms with Gasteiger partial charge < -0.3 is 19.4 Å². The average molecular weight is 486 g/mol. The van der Waals surface area contributed by atoms with Crippen molar-refractivity contribution in [1.29, 1.82) is 0 Å². The average Bonchev–Trinajstić information content (AvgIpc) is 2.84. The minimum atomic E-state index is 0.203. The van der Waals surface area contributed by atoms with Gasteiger partial charge in [0.15, 0.2) is 0 Å². The van der Waals surface area contributed by atoms with Gasteiger partial charge in [0, 0.05) is 69.0 Å². The van der Waals surface area contributed by atoms with E-state index in [1.807, 2.05) is 24.3 Å². The molecule has 0 spiro atoms. The van der Waals surface area contributed by atoms with Crippen LogP contribution in [0.25, 0.3) is 11.3 Å². The van der Waals surface area contributed by atoms with Gasteiger partial charge in [-0.05, 0) is 25.1 Å². The van der Waals surface area contributed by atoms with Crippen LogP contribution in [0.4, 0.5) is 17.6 Å². The summed E-state index contributed by atoms with van der Waals surface area (Å²) in [7, 11) is 0. The Morgan fingerprint density at radius 3 is 2.61 bits per heavy atom. The lowest BCUT2D eigenvalue weighted by molar-refractivity contribution is 0.122. The molecule has 5 rings (SSSR count). The molecule has 0 aromatic carbocycles. The van der Waals surface area contributed by atoms with Gasteiger partial charge in [-0.25, -0.2) is 9.97 Å². The van der Waals surface area contributed by atoms with Crippen LogP contribution in [-0.2, 0) is 4.74 Å². The molecule has 0 amide bonds. The molecule has 1 unspecified atom stereocenters. The molecule has 3 aromatic rings. The summed E-state index contributed by atoms with van der Waals surface area (Å²) in [6, 6.07) is 7.84. The molecule has 0 radical (unpaired) electrons. The third-order valence-corrected chi connectivity index (χ3v) is 6.46. The number of morpholine rings is 1. The van der Waals surface area contributed by atoms with Gasteiger partial charge in [0.2, 0.25) is 5.95 Å². The zero-order valence-corrected chi connectivity index (χ0v) is 19.9. The van der Waals surface area contributed by atoms with Crippen molar-refractivity contribution in [1.82, 2.24) is 19.9 Å². The van der Waals surface area contributed by atoms with Crippen molar-refractivity contribution in [2.45, 2.75) is 13.0 Å². The van der Waals surface area contributed by atoms with Gasteiger partial charge in [0.1, 0.15) is 11.6 Å². The number of hydrogen-bond donors (Lipinski definition) is 0. The fraction of sp³-hybridized carbons (Fsp3) is 0.391. The number of nitrogens with zero attached hydrogens (tertiary/aromatic N) is 7. The van der Waals surface area contributed by atoms with Crippen LogP contribution >= 0.6 is 23.2 Å². The van der Waals surface area contributed by atoms with Gasteiger partial charge in [-0.2, -0.15) is 4.98 Å². The Morgan fingerprint density at radius 2 is 1.85 bits per heavy atom. The molecule has 8 nitrogen and oxygen atoms in total. The second-order valence-corrected chi connectivity index (χ2v) is 9.04. The van der Waals surface area contributed by atoms with E-state index in [4.69, 9.17) is 37.9 Å². The first-order valence-electron chi connectivity index (χ1n) is 11.0. The van der Waals surface area contributed by atoms with E-state index in [-0.39, 0.29) is 6.04 Å². The summed E-state index contributed by atoms with van der Waals surface area (Å²) in [5.74, 6) is 2.42. The quantitative estimate of drug-likeness (QED) is 0.552. The molecule has 10 heteroatoms. The summed E-state index contributed by atoms with van der Waals surface area (Å²) >= 11 is 12.6. The number of hydrogen-bond acceptors (Lipinski definition) is 8. The highest BCUT2D eigenvalue weighted by molar-refractivity contribution is 6.33. The Kier molecular flexibility index (Phi) is 6.48. The lowest BCUT2D eigenvalue weighted by atomic mass is 10.1. The number of rotatable bonds is 4. The van der Waals surface area contributed by atoms with E-state index in [1.165, 1.54) is 0 Å². The first kappa shape index (κ1) is 22.1. The Bertz CT molecular complexity index is 1130. The zero-order chi connectivity index (χ0) is 22.8. The Balaban J connectivity index is 1.46. The molecule has 0 N–H and O–H groups in total. The van der Waals surface area contributed by atoms with Gasteiger partial charge >= 0.3 is 0 Å². The molecule has 1 atom stereocenters. The van der Waals surface area contributed by atoms with Crippen molar-refractivity contribution in [2.75, 3.05) is 60.6 Å². The smallest absolute Gasteiger partial charge is 0.228 e. The molecule has 0 bridgehead atoms.